The van der Waals surface area contributed by atoms with Gasteiger partial charge in [-0.15, -0.1) is 0 Å². The first-order chi connectivity index (χ1) is 16.7. The summed E-state index contributed by atoms with van der Waals surface area (Å²) in [4.78, 5) is 27.4. The largest absolute Gasteiger partial charge is 0.484 e. The monoisotopic (exact) mass is 522 g/mol. The fraction of sp³-hybridized carbons (Fsp3) is 0.148. The predicted octanol–water partition coefficient (Wildman–Crippen LogP) is 6.69. The van der Waals surface area contributed by atoms with E-state index in [4.69, 9.17) is 28.6 Å². The minimum atomic E-state index is -0.252. The zero-order valence-electron chi connectivity index (χ0n) is 19.4. The third-order valence-corrected chi connectivity index (χ3v) is 6.95. The molecule has 2 amide bonds. The summed E-state index contributed by atoms with van der Waals surface area (Å²) < 4.78 is 6.13. The van der Waals surface area contributed by atoms with Crippen LogP contribution >= 0.6 is 35.6 Å². The highest BCUT2D eigenvalue weighted by Gasteiger charge is 2.33. The van der Waals surface area contributed by atoms with E-state index in [1.54, 1.807) is 24.3 Å². The molecule has 1 aliphatic rings. The van der Waals surface area contributed by atoms with Gasteiger partial charge in [0.05, 0.1) is 10.6 Å². The maximum atomic E-state index is 13.1. The number of carbonyl (C=O) groups is 2. The minimum Gasteiger partial charge on any atom is -0.484 e. The lowest BCUT2D eigenvalue weighted by molar-refractivity contribution is -0.118. The topological polar surface area (TPSA) is 58.6 Å². The second kappa shape index (κ2) is 10.6. The Labute approximate surface area is 219 Å². The van der Waals surface area contributed by atoms with E-state index in [9.17, 15) is 9.59 Å². The van der Waals surface area contributed by atoms with E-state index in [0.29, 0.717) is 25.7 Å². The van der Waals surface area contributed by atoms with Crippen LogP contribution in [0.4, 0.5) is 11.4 Å². The molecule has 1 N–H and O–H groups in total. The third kappa shape index (κ3) is 6.11. The number of aryl methyl sites for hydroxylation is 3. The van der Waals surface area contributed by atoms with Crippen molar-refractivity contribution in [2.45, 2.75) is 20.8 Å². The van der Waals surface area contributed by atoms with E-state index in [-0.39, 0.29) is 18.4 Å². The van der Waals surface area contributed by atoms with Gasteiger partial charge in [-0.25, -0.2) is 0 Å². The standard InChI is InChI=1S/C27H23ClN2O3S2/c1-16-9-17(2)11-20(10-16)29-25(31)15-33-22-6-4-5-19(12-22)13-24-26(32)30(27(34)35-24)21-8-7-18(3)23(28)14-21/h4-14H,15H2,1-3H3,(H,29,31)/b24-13-. The highest BCUT2D eigenvalue weighted by Crippen LogP contribution is 2.37. The van der Waals surface area contributed by atoms with E-state index < -0.39 is 0 Å². The summed E-state index contributed by atoms with van der Waals surface area (Å²) in [5, 5.41) is 3.43. The normalized spacial score (nSPS) is 14.5. The number of hydrogen-bond donors (Lipinski definition) is 1. The number of rotatable bonds is 6. The molecule has 3 aromatic rings. The van der Waals surface area contributed by atoms with Crippen LogP contribution in [0.2, 0.25) is 5.02 Å². The number of thioether (sulfide) groups is 1. The number of halogens is 1. The van der Waals surface area contributed by atoms with E-state index in [1.807, 2.05) is 63.2 Å². The van der Waals surface area contributed by atoms with Gasteiger partial charge in [0.25, 0.3) is 11.8 Å². The van der Waals surface area contributed by atoms with Gasteiger partial charge in [0, 0.05) is 10.7 Å². The van der Waals surface area contributed by atoms with Crippen LogP contribution in [-0.4, -0.2) is 22.7 Å². The lowest BCUT2D eigenvalue weighted by Gasteiger charge is -2.15. The molecule has 0 unspecified atom stereocenters. The number of nitrogens with zero attached hydrogens (tertiary/aromatic N) is 1. The van der Waals surface area contributed by atoms with E-state index in [0.717, 1.165) is 27.9 Å². The van der Waals surface area contributed by atoms with E-state index in [1.165, 1.54) is 16.7 Å². The van der Waals surface area contributed by atoms with Crippen LogP contribution in [0.15, 0.2) is 65.6 Å². The molecule has 35 heavy (non-hydrogen) atoms. The molecule has 0 atom stereocenters. The minimum absolute atomic E-state index is 0.132. The van der Waals surface area contributed by atoms with Gasteiger partial charge in [0.15, 0.2) is 10.9 Å². The molecule has 0 radical (unpaired) electrons. The number of amides is 2. The van der Waals surface area contributed by atoms with Gasteiger partial charge in [-0.1, -0.05) is 59.8 Å². The van der Waals surface area contributed by atoms with Gasteiger partial charge in [-0.2, -0.15) is 0 Å². The van der Waals surface area contributed by atoms with Gasteiger partial charge in [-0.3, -0.25) is 14.5 Å². The molecule has 5 nitrogen and oxygen atoms in total. The maximum Gasteiger partial charge on any atom is 0.270 e. The molecule has 0 bridgehead atoms. The molecule has 1 heterocycles. The lowest BCUT2D eigenvalue weighted by Crippen LogP contribution is -2.27. The van der Waals surface area contributed by atoms with Crippen molar-refractivity contribution in [3.63, 3.8) is 0 Å². The quantitative estimate of drug-likeness (QED) is 0.289. The zero-order chi connectivity index (χ0) is 25.1. The van der Waals surface area contributed by atoms with Gasteiger partial charge >= 0.3 is 0 Å². The van der Waals surface area contributed by atoms with Crippen LogP contribution in [0.5, 0.6) is 5.75 Å². The fourth-order valence-corrected chi connectivity index (χ4v) is 5.12. The molecule has 0 aromatic heterocycles. The lowest BCUT2D eigenvalue weighted by atomic mass is 10.1. The maximum absolute atomic E-state index is 13.1. The average molecular weight is 523 g/mol. The molecule has 1 aliphatic heterocycles. The summed E-state index contributed by atoms with van der Waals surface area (Å²) in [6.45, 7) is 5.73. The number of hydrogen-bond acceptors (Lipinski definition) is 5. The Morgan fingerprint density at radius 1 is 1.09 bits per heavy atom. The van der Waals surface area contributed by atoms with Crippen LogP contribution in [0.3, 0.4) is 0 Å². The Morgan fingerprint density at radius 2 is 1.83 bits per heavy atom. The molecule has 1 saturated heterocycles. The first-order valence-corrected chi connectivity index (χ1v) is 12.4. The Kier molecular flexibility index (Phi) is 7.60. The molecular weight excluding hydrogens is 500 g/mol. The zero-order valence-corrected chi connectivity index (χ0v) is 21.8. The predicted molar refractivity (Wildman–Crippen MR) is 148 cm³/mol. The van der Waals surface area contributed by atoms with Crippen molar-refractivity contribution in [2.24, 2.45) is 0 Å². The van der Waals surface area contributed by atoms with Crippen LogP contribution in [0.25, 0.3) is 6.08 Å². The Hall–Kier alpha value is -3.13. The Balaban J connectivity index is 1.43. The van der Waals surface area contributed by atoms with Crippen molar-refractivity contribution in [3.05, 3.63) is 92.8 Å². The van der Waals surface area contributed by atoms with Crippen LogP contribution in [0.1, 0.15) is 22.3 Å². The van der Waals surface area contributed by atoms with Crippen LogP contribution in [-0.2, 0) is 9.59 Å². The second-order valence-electron chi connectivity index (χ2n) is 8.24. The molecule has 178 valence electrons. The van der Waals surface area contributed by atoms with Crippen molar-refractivity contribution in [1.82, 2.24) is 0 Å². The molecule has 1 fully saturated rings. The number of anilines is 2. The first kappa shape index (κ1) is 25.0. The van der Waals surface area contributed by atoms with E-state index >= 15 is 0 Å². The van der Waals surface area contributed by atoms with Crippen LogP contribution in [0, 0.1) is 20.8 Å². The molecule has 4 rings (SSSR count). The summed E-state index contributed by atoms with van der Waals surface area (Å²) in [6.07, 6.45) is 1.76. The van der Waals surface area contributed by atoms with E-state index in [2.05, 4.69) is 5.32 Å². The van der Waals surface area contributed by atoms with Gasteiger partial charge in [0.2, 0.25) is 0 Å². The van der Waals surface area contributed by atoms with Crippen LogP contribution < -0.4 is 15.0 Å². The number of ether oxygens (including phenoxy) is 1. The molecule has 0 saturated carbocycles. The summed E-state index contributed by atoms with van der Waals surface area (Å²) in [5.74, 6) is 0.0622. The van der Waals surface area contributed by atoms with Gasteiger partial charge in [-0.05, 0) is 85.5 Å². The highest BCUT2D eigenvalue weighted by atomic mass is 35.5. The number of benzene rings is 3. The van der Waals surface area contributed by atoms with Crippen molar-refractivity contribution in [1.29, 1.82) is 0 Å². The van der Waals surface area contributed by atoms with Gasteiger partial charge < -0.3 is 10.1 Å². The van der Waals surface area contributed by atoms with Crippen molar-refractivity contribution < 1.29 is 14.3 Å². The Morgan fingerprint density at radius 3 is 2.54 bits per heavy atom. The van der Waals surface area contributed by atoms with Crippen molar-refractivity contribution in [2.75, 3.05) is 16.8 Å². The van der Waals surface area contributed by atoms with Crippen molar-refractivity contribution in [3.8, 4) is 5.75 Å². The third-order valence-electron chi connectivity index (χ3n) is 5.24. The van der Waals surface area contributed by atoms with Crippen molar-refractivity contribution >= 4 is 69.2 Å². The summed E-state index contributed by atoms with van der Waals surface area (Å²) >= 11 is 12.9. The summed E-state index contributed by atoms with van der Waals surface area (Å²) in [6, 6.07) is 18.5. The summed E-state index contributed by atoms with van der Waals surface area (Å²) in [5.41, 5.74) is 5.21. The molecule has 8 heteroatoms. The molecular formula is C27H23ClN2O3S2. The molecule has 0 spiro atoms. The fourth-order valence-electron chi connectivity index (χ4n) is 3.65. The smallest absolute Gasteiger partial charge is 0.270 e. The molecule has 0 aliphatic carbocycles. The molecule has 3 aromatic carbocycles. The number of nitrogens with one attached hydrogen (secondary N) is 1. The second-order valence-corrected chi connectivity index (χ2v) is 10.3. The van der Waals surface area contributed by atoms with Gasteiger partial charge in [0.1, 0.15) is 5.75 Å². The number of carbonyl (C=O) groups excluding carboxylic acids is 2. The number of thiocarbonyl (C=S) groups is 1. The average Bonchev–Trinajstić information content (AvgIpc) is 3.06. The Bertz CT molecular complexity index is 1350. The first-order valence-electron chi connectivity index (χ1n) is 10.8. The SMILES string of the molecule is Cc1cc(C)cc(NC(=O)COc2cccc(/C=C3\SC(=S)N(c4ccc(C)c(Cl)c4)C3=O)c2)c1. The highest BCUT2D eigenvalue weighted by molar-refractivity contribution is 8.27. The summed E-state index contributed by atoms with van der Waals surface area (Å²) in [7, 11) is 0.